The first-order valence-electron chi connectivity index (χ1n) is 7.42. The molecular formula is C17H18N4OS. The van der Waals surface area contributed by atoms with Gasteiger partial charge >= 0.3 is 0 Å². The standard InChI is InChI=1S/C17H18N4OS/c18-15(12-6-2-1-3-7-12)17(22)20-11-10-19-16-13-8-4-5-9-14(13)23-21-16/h1-9,15H,10-11,18H2,(H,19,21)(H,20,22)/t15-/m1/s1. The average Bonchev–Trinajstić information content (AvgIpc) is 3.02. The summed E-state index contributed by atoms with van der Waals surface area (Å²) in [5.41, 5.74) is 6.76. The van der Waals surface area contributed by atoms with Gasteiger partial charge in [0.2, 0.25) is 5.91 Å². The molecule has 0 saturated carbocycles. The molecule has 2 aromatic carbocycles. The predicted molar refractivity (Wildman–Crippen MR) is 94.5 cm³/mol. The first-order chi connectivity index (χ1) is 11.3. The number of amides is 1. The number of nitrogens with one attached hydrogen (secondary N) is 2. The topological polar surface area (TPSA) is 80.0 Å². The van der Waals surface area contributed by atoms with Gasteiger partial charge in [0.1, 0.15) is 11.9 Å². The monoisotopic (exact) mass is 326 g/mol. The third-order valence-corrected chi connectivity index (χ3v) is 4.36. The maximum atomic E-state index is 12.0. The van der Waals surface area contributed by atoms with E-state index in [1.807, 2.05) is 54.6 Å². The number of nitrogens with zero attached hydrogens (tertiary/aromatic N) is 1. The molecule has 1 atom stereocenters. The fourth-order valence-electron chi connectivity index (χ4n) is 2.30. The highest BCUT2D eigenvalue weighted by molar-refractivity contribution is 7.13. The Morgan fingerprint density at radius 3 is 2.65 bits per heavy atom. The highest BCUT2D eigenvalue weighted by atomic mass is 32.1. The minimum absolute atomic E-state index is 0.180. The van der Waals surface area contributed by atoms with E-state index in [9.17, 15) is 4.79 Å². The summed E-state index contributed by atoms with van der Waals surface area (Å²) in [5, 5.41) is 7.19. The summed E-state index contributed by atoms with van der Waals surface area (Å²) in [6, 6.07) is 16.8. The molecule has 0 bridgehead atoms. The summed E-state index contributed by atoms with van der Waals surface area (Å²) in [5.74, 6) is 0.674. The van der Waals surface area contributed by atoms with E-state index < -0.39 is 6.04 Å². The Bertz CT molecular complexity index is 787. The van der Waals surface area contributed by atoms with Crippen molar-refractivity contribution in [2.24, 2.45) is 5.73 Å². The van der Waals surface area contributed by atoms with Crippen LogP contribution >= 0.6 is 11.5 Å². The lowest BCUT2D eigenvalue weighted by atomic mass is 10.1. The van der Waals surface area contributed by atoms with E-state index in [0.717, 1.165) is 21.5 Å². The molecule has 1 amide bonds. The molecule has 1 aromatic heterocycles. The van der Waals surface area contributed by atoms with Gasteiger partial charge in [-0.3, -0.25) is 4.79 Å². The zero-order chi connectivity index (χ0) is 16.1. The van der Waals surface area contributed by atoms with Crippen molar-refractivity contribution >= 4 is 33.3 Å². The van der Waals surface area contributed by atoms with Gasteiger partial charge in [-0.05, 0) is 29.2 Å². The maximum Gasteiger partial charge on any atom is 0.241 e. The number of aromatic nitrogens is 1. The largest absolute Gasteiger partial charge is 0.367 e. The third kappa shape index (κ3) is 3.67. The fraction of sp³-hybridized carbons (Fsp3) is 0.176. The van der Waals surface area contributed by atoms with Crippen LogP contribution < -0.4 is 16.4 Å². The predicted octanol–water partition coefficient (Wildman–Crippen LogP) is 2.52. The molecule has 6 heteroatoms. The second kappa shape index (κ2) is 7.21. The van der Waals surface area contributed by atoms with E-state index in [4.69, 9.17) is 5.73 Å². The van der Waals surface area contributed by atoms with Gasteiger partial charge in [-0.15, -0.1) is 0 Å². The lowest BCUT2D eigenvalue weighted by Crippen LogP contribution is -2.36. The molecule has 0 unspecified atom stereocenters. The summed E-state index contributed by atoms with van der Waals surface area (Å²) in [6.07, 6.45) is 0. The number of hydrogen-bond acceptors (Lipinski definition) is 5. The van der Waals surface area contributed by atoms with Gasteiger partial charge in [0, 0.05) is 18.5 Å². The van der Waals surface area contributed by atoms with Gasteiger partial charge < -0.3 is 16.4 Å². The van der Waals surface area contributed by atoms with Crippen molar-refractivity contribution in [2.75, 3.05) is 18.4 Å². The van der Waals surface area contributed by atoms with E-state index in [-0.39, 0.29) is 5.91 Å². The Morgan fingerprint density at radius 1 is 1.09 bits per heavy atom. The number of rotatable bonds is 6. The molecule has 0 spiro atoms. The summed E-state index contributed by atoms with van der Waals surface area (Å²) < 4.78 is 5.53. The average molecular weight is 326 g/mol. The van der Waals surface area contributed by atoms with E-state index in [2.05, 4.69) is 15.0 Å². The van der Waals surface area contributed by atoms with Crippen LogP contribution in [0.1, 0.15) is 11.6 Å². The van der Waals surface area contributed by atoms with Gasteiger partial charge in [0.15, 0.2) is 0 Å². The second-order valence-electron chi connectivity index (χ2n) is 5.13. The van der Waals surface area contributed by atoms with E-state index in [1.165, 1.54) is 11.5 Å². The Hall–Kier alpha value is -2.44. The first-order valence-corrected chi connectivity index (χ1v) is 8.19. The summed E-state index contributed by atoms with van der Waals surface area (Å²) in [7, 11) is 0. The highest BCUT2D eigenvalue weighted by Gasteiger charge is 2.14. The number of carbonyl (C=O) groups is 1. The molecule has 0 radical (unpaired) electrons. The molecule has 0 aliphatic carbocycles. The van der Waals surface area contributed by atoms with E-state index >= 15 is 0 Å². The molecule has 3 rings (SSSR count). The van der Waals surface area contributed by atoms with Crippen LogP contribution in [0.25, 0.3) is 10.1 Å². The second-order valence-corrected chi connectivity index (χ2v) is 5.94. The molecule has 118 valence electrons. The molecule has 0 saturated heterocycles. The third-order valence-electron chi connectivity index (χ3n) is 3.54. The van der Waals surface area contributed by atoms with Gasteiger partial charge in [-0.2, -0.15) is 4.37 Å². The van der Waals surface area contributed by atoms with Crippen molar-refractivity contribution in [3.63, 3.8) is 0 Å². The molecule has 0 aliphatic rings. The Kier molecular flexibility index (Phi) is 4.85. The zero-order valence-electron chi connectivity index (χ0n) is 12.5. The lowest BCUT2D eigenvalue weighted by Gasteiger charge is -2.12. The highest BCUT2D eigenvalue weighted by Crippen LogP contribution is 2.25. The van der Waals surface area contributed by atoms with Gasteiger partial charge in [-0.1, -0.05) is 42.5 Å². The number of hydrogen-bond donors (Lipinski definition) is 3. The van der Waals surface area contributed by atoms with Crippen LogP contribution in [0.15, 0.2) is 54.6 Å². The van der Waals surface area contributed by atoms with Crippen molar-refractivity contribution in [1.82, 2.24) is 9.69 Å². The molecular weight excluding hydrogens is 308 g/mol. The quantitative estimate of drug-likeness (QED) is 0.608. The molecule has 1 heterocycles. The van der Waals surface area contributed by atoms with Crippen molar-refractivity contribution < 1.29 is 4.79 Å². The molecule has 0 fully saturated rings. The van der Waals surface area contributed by atoms with Crippen molar-refractivity contribution in [3.8, 4) is 0 Å². The van der Waals surface area contributed by atoms with Crippen LogP contribution in [-0.4, -0.2) is 23.4 Å². The normalized spacial score (nSPS) is 12.0. The SMILES string of the molecule is N[C@@H](C(=O)NCCNc1nsc2ccccc12)c1ccccc1. The fourth-order valence-corrected chi connectivity index (χ4v) is 3.06. The molecule has 4 N–H and O–H groups in total. The Morgan fingerprint density at radius 2 is 1.83 bits per heavy atom. The van der Waals surface area contributed by atoms with E-state index in [0.29, 0.717) is 13.1 Å². The lowest BCUT2D eigenvalue weighted by molar-refractivity contribution is -0.122. The van der Waals surface area contributed by atoms with Gasteiger partial charge in [0.25, 0.3) is 0 Å². The summed E-state index contributed by atoms with van der Waals surface area (Å²) >= 11 is 1.46. The zero-order valence-corrected chi connectivity index (χ0v) is 13.3. The number of benzene rings is 2. The van der Waals surface area contributed by atoms with Gasteiger partial charge in [0.05, 0.1) is 4.70 Å². The van der Waals surface area contributed by atoms with Crippen LogP contribution in [0.5, 0.6) is 0 Å². The van der Waals surface area contributed by atoms with Crippen molar-refractivity contribution in [3.05, 3.63) is 60.2 Å². The van der Waals surface area contributed by atoms with Crippen LogP contribution in [0.2, 0.25) is 0 Å². The van der Waals surface area contributed by atoms with Crippen LogP contribution in [0, 0.1) is 0 Å². The van der Waals surface area contributed by atoms with Crippen molar-refractivity contribution in [2.45, 2.75) is 6.04 Å². The van der Waals surface area contributed by atoms with Gasteiger partial charge in [-0.25, -0.2) is 0 Å². The number of nitrogens with two attached hydrogens (primary N) is 1. The van der Waals surface area contributed by atoms with Crippen LogP contribution in [0.3, 0.4) is 0 Å². The maximum absolute atomic E-state index is 12.0. The molecule has 5 nitrogen and oxygen atoms in total. The number of fused-ring (bicyclic) bond motifs is 1. The first kappa shape index (κ1) is 15.5. The smallest absolute Gasteiger partial charge is 0.241 e. The van der Waals surface area contributed by atoms with Crippen LogP contribution in [-0.2, 0) is 4.79 Å². The molecule has 3 aromatic rings. The molecule has 23 heavy (non-hydrogen) atoms. The van der Waals surface area contributed by atoms with E-state index in [1.54, 1.807) is 0 Å². The van der Waals surface area contributed by atoms with Crippen LogP contribution in [0.4, 0.5) is 5.82 Å². The Labute approximate surface area is 138 Å². The van der Waals surface area contributed by atoms with Crippen molar-refractivity contribution in [1.29, 1.82) is 0 Å². The number of anilines is 1. The Balaban J connectivity index is 1.49. The molecule has 0 aliphatic heterocycles. The summed E-state index contributed by atoms with van der Waals surface area (Å²) in [4.78, 5) is 12.0. The minimum Gasteiger partial charge on any atom is -0.367 e. The minimum atomic E-state index is -0.642. The summed E-state index contributed by atoms with van der Waals surface area (Å²) in [6.45, 7) is 1.09. The number of carbonyl (C=O) groups excluding carboxylic acids is 1.